The number of fused-ring (bicyclic) bond motifs is 1. The Kier molecular flexibility index (Phi) is 8.49. The summed E-state index contributed by atoms with van der Waals surface area (Å²) < 4.78 is 31.6. The molecule has 1 unspecified atom stereocenters. The quantitative estimate of drug-likeness (QED) is 0.268. The first kappa shape index (κ1) is 29.9. The van der Waals surface area contributed by atoms with Gasteiger partial charge < -0.3 is 24.6 Å². The van der Waals surface area contributed by atoms with Crippen molar-refractivity contribution in [1.29, 1.82) is 0 Å². The fourth-order valence-corrected chi connectivity index (χ4v) is 6.61. The number of nitrogens with one attached hydrogen (secondary N) is 1. The van der Waals surface area contributed by atoms with Gasteiger partial charge in [-0.2, -0.15) is 0 Å². The number of carbonyl (C=O) groups is 2. The van der Waals surface area contributed by atoms with Crippen molar-refractivity contribution < 1.29 is 33.3 Å². The molecule has 0 spiro atoms. The first-order valence-electron chi connectivity index (χ1n) is 15.5. The van der Waals surface area contributed by atoms with Crippen LogP contribution in [0.4, 0.5) is 10.1 Å². The third kappa shape index (κ3) is 6.11. The van der Waals surface area contributed by atoms with E-state index in [1.807, 2.05) is 36.1 Å². The molecule has 3 aromatic rings. The zero-order chi connectivity index (χ0) is 31.0. The number of benzene rings is 3. The maximum Gasteiger partial charge on any atom is 0.309 e. The molecule has 0 radical (unpaired) electrons. The number of carboxylic acids is 1. The molecule has 3 atom stereocenters. The van der Waals surface area contributed by atoms with Gasteiger partial charge in [0.25, 0.3) is 0 Å². The van der Waals surface area contributed by atoms with Crippen molar-refractivity contribution in [1.82, 2.24) is 4.90 Å². The zero-order valence-electron chi connectivity index (χ0n) is 25.4. The van der Waals surface area contributed by atoms with Crippen LogP contribution in [0.1, 0.15) is 66.5 Å². The van der Waals surface area contributed by atoms with E-state index in [1.54, 1.807) is 6.07 Å². The van der Waals surface area contributed by atoms with Gasteiger partial charge in [-0.15, -0.1) is 0 Å². The van der Waals surface area contributed by atoms with Gasteiger partial charge in [-0.1, -0.05) is 43.7 Å². The van der Waals surface area contributed by atoms with Gasteiger partial charge >= 0.3 is 5.97 Å². The van der Waals surface area contributed by atoms with Gasteiger partial charge in [0.05, 0.1) is 19.1 Å². The van der Waals surface area contributed by atoms with Gasteiger partial charge in [0.1, 0.15) is 5.75 Å². The van der Waals surface area contributed by atoms with Crippen LogP contribution in [0.15, 0.2) is 48.5 Å². The van der Waals surface area contributed by atoms with Crippen molar-refractivity contribution in [3.05, 3.63) is 82.2 Å². The van der Waals surface area contributed by atoms with Crippen molar-refractivity contribution in [3.8, 4) is 17.2 Å². The Morgan fingerprint density at radius 2 is 1.73 bits per heavy atom. The summed E-state index contributed by atoms with van der Waals surface area (Å²) in [6.07, 6.45) is 3.90. The molecule has 44 heavy (non-hydrogen) atoms. The molecule has 2 fully saturated rings. The number of ether oxygens (including phenoxy) is 3. The SMILES string of the molecule is CCc1cc(C)cc(CC)c1NC(=O)CN1C[C@H](c2cc(F)c3c(c2)OCO3)C(C(=O)O)[C@@H]1c1ccc(OCC2CC2)cc1. The molecule has 232 valence electrons. The van der Waals surface area contributed by atoms with E-state index in [4.69, 9.17) is 14.2 Å². The summed E-state index contributed by atoms with van der Waals surface area (Å²) in [6, 6.07) is 14.0. The lowest BCUT2D eigenvalue weighted by atomic mass is 9.82. The predicted molar refractivity (Wildman–Crippen MR) is 164 cm³/mol. The Labute approximate surface area is 257 Å². The number of amides is 1. The highest BCUT2D eigenvalue weighted by Gasteiger charge is 2.48. The molecule has 8 nitrogen and oxygen atoms in total. The fraction of sp³-hybridized carbons (Fsp3) is 0.429. The highest BCUT2D eigenvalue weighted by atomic mass is 19.1. The molecule has 2 heterocycles. The Morgan fingerprint density at radius 1 is 1.02 bits per heavy atom. The molecule has 9 heteroatoms. The average Bonchev–Trinajstić information content (AvgIpc) is 3.57. The summed E-state index contributed by atoms with van der Waals surface area (Å²) in [7, 11) is 0. The third-order valence-electron chi connectivity index (χ3n) is 8.98. The highest BCUT2D eigenvalue weighted by Crippen LogP contribution is 2.48. The number of aryl methyl sites for hydroxylation is 3. The van der Waals surface area contributed by atoms with E-state index in [9.17, 15) is 14.7 Å². The average molecular weight is 603 g/mol. The predicted octanol–water partition coefficient (Wildman–Crippen LogP) is 6.26. The van der Waals surface area contributed by atoms with Crippen LogP contribution in [0.5, 0.6) is 17.2 Å². The molecule has 1 saturated carbocycles. The second-order valence-corrected chi connectivity index (χ2v) is 12.1. The van der Waals surface area contributed by atoms with Gasteiger partial charge in [0.15, 0.2) is 11.6 Å². The summed E-state index contributed by atoms with van der Waals surface area (Å²) in [5.74, 6) is -1.77. The minimum Gasteiger partial charge on any atom is -0.493 e. The number of halogens is 1. The van der Waals surface area contributed by atoms with E-state index in [2.05, 4.69) is 31.3 Å². The minimum absolute atomic E-state index is 0.0297. The second-order valence-electron chi connectivity index (χ2n) is 12.1. The number of hydrogen-bond acceptors (Lipinski definition) is 6. The van der Waals surface area contributed by atoms with Crippen LogP contribution in [0, 0.1) is 24.6 Å². The Morgan fingerprint density at radius 3 is 2.36 bits per heavy atom. The maximum atomic E-state index is 15.0. The Hall–Kier alpha value is -4.11. The number of carboxylic acid groups (broad SMARTS) is 1. The molecule has 3 aliphatic rings. The van der Waals surface area contributed by atoms with Gasteiger partial charge in [0, 0.05) is 24.2 Å². The molecule has 1 aliphatic carbocycles. The number of rotatable bonds is 11. The van der Waals surface area contributed by atoms with E-state index in [-0.39, 0.29) is 37.3 Å². The largest absolute Gasteiger partial charge is 0.493 e. The van der Waals surface area contributed by atoms with E-state index < -0.39 is 29.7 Å². The molecule has 6 rings (SSSR count). The first-order chi connectivity index (χ1) is 21.2. The lowest BCUT2D eigenvalue weighted by Crippen LogP contribution is -2.35. The van der Waals surface area contributed by atoms with Crippen LogP contribution in [-0.2, 0) is 22.4 Å². The zero-order valence-corrected chi connectivity index (χ0v) is 25.4. The van der Waals surface area contributed by atoms with Crippen molar-refractivity contribution in [2.75, 3.05) is 31.8 Å². The Bertz CT molecular complexity index is 1530. The third-order valence-corrected chi connectivity index (χ3v) is 8.98. The summed E-state index contributed by atoms with van der Waals surface area (Å²) in [5.41, 5.74) is 5.34. The summed E-state index contributed by atoms with van der Waals surface area (Å²) in [4.78, 5) is 28.5. The van der Waals surface area contributed by atoms with E-state index in [1.165, 1.54) is 18.9 Å². The molecule has 0 bridgehead atoms. The normalized spacial score (nSPS) is 21.0. The number of likely N-dealkylation sites (tertiary alicyclic amines) is 1. The molecule has 1 amide bonds. The van der Waals surface area contributed by atoms with Gasteiger partial charge in [-0.25, -0.2) is 4.39 Å². The number of hydrogen-bond donors (Lipinski definition) is 2. The van der Waals surface area contributed by atoms with E-state index >= 15 is 4.39 Å². The van der Waals surface area contributed by atoms with Crippen molar-refractivity contribution in [2.24, 2.45) is 11.8 Å². The van der Waals surface area contributed by atoms with Crippen LogP contribution < -0.4 is 19.5 Å². The molecule has 0 aromatic heterocycles. The second kappa shape index (κ2) is 12.5. The van der Waals surface area contributed by atoms with E-state index in [0.717, 1.165) is 46.5 Å². The standard InChI is InChI=1S/C35H39FN2O6/c1-4-22-12-20(3)13-23(5-2)32(22)37-30(39)17-38-16-27(25-14-28(36)34-29(15-25)43-19-44-34)31(35(40)41)33(38)24-8-10-26(11-9-24)42-18-21-6-7-21/h8-15,21,27,31,33H,4-7,16-19H2,1-3H3,(H,37,39)(H,40,41)/t27-,31?,33+/m1/s1. The number of anilines is 1. The van der Waals surface area contributed by atoms with Gasteiger partial charge in [0.2, 0.25) is 18.4 Å². The maximum absolute atomic E-state index is 15.0. The number of nitrogens with zero attached hydrogens (tertiary/aromatic N) is 1. The van der Waals surface area contributed by atoms with Crippen LogP contribution >= 0.6 is 0 Å². The lowest BCUT2D eigenvalue weighted by molar-refractivity contribution is -0.143. The molecule has 1 saturated heterocycles. The first-order valence-corrected chi connectivity index (χ1v) is 15.5. The minimum atomic E-state index is -1.02. The van der Waals surface area contributed by atoms with Crippen LogP contribution in [-0.4, -0.2) is 48.4 Å². The molecular formula is C35H39FN2O6. The van der Waals surface area contributed by atoms with Crippen LogP contribution in [0.25, 0.3) is 0 Å². The number of carbonyl (C=O) groups excluding carboxylic acids is 1. The highest BCUT2D eigenvalue weighted by molar-refractivity contribution is 5.94. The van der Waals surface area contributed by atoms with Crippen molar-refractivity contribution in [3.63, 3.8) is 0 Å². The van der Waals surface area contributed by atoms with Gasteiger partial charge in [-0.05, 0) is 85.0 Å². The fourth-order valence-electron chi connectivity index (χ4n) is 6.61. The Balaban J connectivity index is 1.32. The molecule has 2 N–H and O–H groups in total. The number of aliphatic carboxylic acids is 1. The summed E-state index contributed by atoms with van der Waals surface area (Å²) >= 11 is 0. The van der Waals surface area contributed by atoms with Crippen molar-refractivity contribution in [2.45, 2.75) is 58.4 Å². The van der Waals surface area contributed by atoms with Crippen LogP contribution in [0.2, 0.25) is 0 Å². The molecule has 2 aliphatic heterocycles. The molecule has 3 aromatic carbocycles. The lowest BCUT2D eigenvalue weighted by Gasteiger charge is -2.27. The topological polar surface area (TPSA) is 97.3 Å². The monoisotopic (exact) mass is 602 g/mol. The summed E-state index contributed by atoms with van der Waals surface area (Å²) in [6.45, 7) is 6.96. The van der Waals surface area contributed by atoms with Crippen LogP contribution in [0.3, 0.4) is 0 Å². The smallest absolute Gasteiger partial charge is 0.309 e. The summed E-state index contributed by atoms with van der Waals surface area (Å²) in [5, 5.41) is 13.7. The van der Waals surface area contributed by atoms with Crippen molar-refractivity contribution >= 4 is 17.6 Å². The van der Waals surface area contributed by atoms with Gasteiger partial charge in [-0.3, -0.25) is 14.5 Å². The molecular weight excluding hydrogens is 563 g/mol. The van der Waals surface area contributed by atoms with E-state index in [0.29, 0.717) is 18.1 Å².